The number of halogens is 2. The third kappa shape index (κ3) is 4.29. The fraction of sp³-hybridized carbons (Fsp3) is 0.154. The van der Waals surface area contributed by atoms with Gasteiger partial charge in [-0.25, -0.2) is 0 Å². The lowest BCUT2D eigenvalue weighted by molar-refractivity contribution is -0.123. The van der Waals surface area contributed by atoms with E-state index in [0.29, 0.717) is 27.5 Å². The van der Waals surface area contributed by atoms with Gasteiger partial charge in [-0.05, 0) is 46.3 Å². The van der Waals surface area contributed by atoms with Crippen LogP contribution in [0, 0.1) is 0 Å². The largest absolute Gasteiger partial charge is 0.483 e. The fourth-order valence-electron chi connectivity index (χ4n) is 1.39. The molecule has 4 nitrogen and oxygen atoms in total. The van der Waals surface area contributed by atoms with Crippen LogP contribution in [0.5, 0.6) is 5.75 Å². The number of hydrogen-bond donors (Lipinski definition) is 1. The van der Waals surface area contributed by atoms with Crippen molar-refractivity contribution in [2.24, 2.45) is 0 Å². The molecule has 1 aromatic heterocycles. The van der Waals surface area contributed by atoms with Gasteiger partial charge in [0.2, 0.25) is 0 Å². The maximum Gasteiger partial charge on any atom is 0.258 e. The summed E-state index contributed by atoms with van der Waals surface area (Å²) in [6.45, 7) is 0.276. The zero-order valence-corrected chi connectivity index (χ0v) is 12.2. The van der Waals surface area contributed by atoms with E-state index in [-0.39, 0.29) is 12.5 Å². The molecule has 6 heteroatoms. The first-order valence-corrected chi connectivity index (χ1v) is 6.69. The lowest BCUT2D eigenvalue weighted by Gasteiger charge is -2.08. The number of amides is 1. The number of rotatable bonds is 5. The van der Waals surface area contributed by atoms with Crippen LogP contribution in [0.4, 0.5) is 0 Å². The van der Waals surface area contributed by atoms with Crippen LogP contribution in [-0.2, 0) is 11.3 Å². The molecular formula is C13H11BrClNO3. The van der Waals surface area contributed by atoms with Crippen LogP contribution < -0.4 is 10.1 Å². The molecule has 1 N–H and O–H groups in total. The molecule has 1 aromatic carbocycles. The minimum Gasteiger partial charge on any atom is -0.483 e. The van der Waals surface area contributed by atoms with Gasteiger partial charge in [0.15, 0.2) is 6.61 Å². The molecule has 0 spiro atoms. The first-order valence-electron chi connectivity index (χ1n) is 5.52. The predicted molar refractivity (Wildman–Crippen MR) is 75.2 cm³/mol. The molecular weight excluding hydrogens is 334 g/mol. The zero-order chi connectivity index (χ0) is 13.7. The van der Waals surface area contributed by atoms with E-state index in [0.717, 1.165) is 0 Å². The van der Waals surface area contributed by atoms with Gasteiger partial charge in [-0.15, -0.1) is 0 Å². The van der Waals surface area contributed by atoms with Crippen molar-refractivity contribution in [2.45, 2.75) is 6.54 Å². The summed E-state index contributed by atoms with van der Waals surface area (Å²) >= 11 is 9.12. The van der Waals surface area contributed by atoms with E-state index in [2.05, 4.69) is 21.2 Å². The number of carbonyl (C=O) groups is 1. The Morgan fingerprint density at radius 3 is 2.95 bits per heavy atom. The second-order valence-corrected chi connectivity index (χ2v) is 5.01. The van der Waals surface area contributed by atoms with Crippen LogP contribution in [0.1, 0.15) is 5.76 Å². The number of nitrogens with one attached hydrogen (secondary N) is 1. The molecule has 2 aromatic rings. The average Bonchev–Trinajstić information content (AvgIpc) is 2.88. The van der Waals surface area contributed by atoms with Crippen LogP contribution in [0.25, 0.3) is 0 Å². The Labute approximate surface area is 123 Å². The molecule has 19 heavy (non-hydrogen) atoms. The molecule has 1 amide bonds. The summed E-state index contributed by atoms with van der Waals surface area (Å²) < 4.78 is 11.2. The average molecular weight is 345 g/mol. The monoisotopic (exact) mass is 343 g/mol. The Morgan fingerprint density at radius 2 is 2.26 bits per heavy atom. The molecule has 0 atom stereocenters. The molecule has 0 bridgehead atoms. The lowest BCUT2D eigenvalue weighted by atomic mass is 10.3. The minimum atomic E-state index is -0.224. The summed E-state index contributed by atoms with van der Waals surface area (Å²) in [5.41, 5.74) is 0. The van der Waals surface area contributed by atoms with Crippen molar-refractivity contribution in [3.8, 4) is 5.75 Å². The highest BCUT2D eigenvalue weighted by Gasteiger charge is 2.06. The number of benzene rings is 1. The Balaban J connectivity index is 1.80. The van der Waals surface area contributed by atoms with E-state index in [4.69, 9.17) is 20.8 Å². The van der Waals surface area contributed by atoms with E-state index in [9.17, 15) is 4.79 Å². The molecule has 0 aliphatic carbocycles. The van der Waals surface area contributed by atoms with Gasteiger partial charge in [0.1, 0.15) is 11.5 Å². The van der Waals surface area contributed by atoms with E-state index >= 15 is 0 Å². The number of carbonyl (C=O) groups excluding carboxylic acids is 1. The van der Waals surface area contributed by atoms with Crippen molar-refractivity contribution in [3.05, 3.63) is 51.9 Å². The molecule has 2 rings (SSSR count). The quantitative estimate of drug-likeness (QED) is 0.904. The van der Waals surface area contributed by atoms with Gasteiger partial charge in [0.05, 0.1) is 17.3 Å². The summed E-state index contributed by atoms with van der Waals surface area (Å²) in [5.74, 6) is 1.04. The Kier molecular flexibility index (Phi) is 4.87. The van der Waals surface area contributed by atoms with Gasteiger partial charge in [0, 0.05) is 5.02 Å². The number of furan rings is 1. The van der Waals surface area contributed by atoms with Gasteiger partial charge < -0.3 is 14.5 Å². The highest BCUT2D eigenvalue weighted by Crippen LogP contribution is 2.27. The highest BCUT2D eigenvalue weighted by molar-refractivity contribution is 9.10. The first-order chi connectivity index (χ1) is 9.15. The third-order valence-corrected chi connectivity index (χ3v) is 3.15. The standard InChI is InChI=1S/C13H11BrClNO3/c14-11-6-9(15)3-4-12(11)19-8-13(17)16-7-10-2-1-5-18-10/h1-6H,7-8H2,(H,16,17). The first kappa shape index (κ1) is 14.0. The SMILES string of the molecule is O=C(COc1ccc(Cl)cc1Br)NCc1ccco1. The number of hydrogen-bond acceptors (Lipinski definition) is 3. The molecule has 0 saturated carbocycles. The van der Waals surface area contributed by atoms with Crippen LogP contribution in [0.2, 0.25) is 5.02 Å². The Hall–Kier alpha value is -1.46. The number of ether oxygens (including phenoxy) is 1. The van der Waals surface area contributed by atoms with Gasteiger partial charge in [0.25, 0.3) is 5.91 Å². The van der Waals surface area contributed by atoms with E-state index in [1.54, 1.807) is 36.6 Å². The van der Waals surface area contributed by atoms with E-state index in [1.165, 1.54) is 0 Å². The molecule has 1 heterocycles. The predicted octanol–water partition coefficient (Wildman–Crippen LogP) is 3.39. The molecule has 0 aliphatic rings. The van der Waals surface area contributed by atoms with Crippen LogP contribution in [0.15, 0.2) is 45.5 Å². The third-order valence-electron chi connectivity index (χ3n) is 2.29. The normalized spacial score (nSPS) is 10.2. The summed E-state index contributed by atoms with van der Waals surface area (Å²) in [5, 5.41) is 3.29. The highest BCUT2D eigenvalue weighted by atomic mass is 79.9. The van der Waals surface area contributed by atoms with Gasteiger partial charge >= 0.3 is 0 Å². The molecule has 100 valence electrons. The van der Waals surface area contributed by atoms with Gasteiger partial charge in [-0.3, -0.25) is 4.79 Å². The van der Waals surface area contributed by atoms with Crippen molar-refractivity contribution >= 4 is 33.4 Å². The molecule has 0 unspecified atom stereocenters. The molecule has 0 saturated heterocycles. The van der Waals surface area contributed by atoms with Crippen LogP contribution in [-0.4, -0.2) is 12.5 Å². The summed E-state index contributed by atoms with van der Waals surface area (Å²) in [6, 6.07) is 8.66. The molecule has 0 fully saturated rings. The van der Waals surface area contributed by atoms with Crippen molar-refractivity contribution in [1.82, 2.24) is 5.32 Å². The van der Waals surface area contributed by atoms with Crippen LogP contribution in [0.3, 0.4) is 0 Å². The second kappa shape index (κ2) is 6.63. The fourth-order valence-corrected chi connectivity index (χ4v) is 2.18. The zero-order valence-electron chi connectivity index (χ0n) is 9.86. The maximum absolute atomic E-state index is 11.6. The molecule has 0 aliphatic heterocycles. The topological polar surface area (TPSA) is 51.5 Å². The Morgan fingerprint density at radius 1 is 1.42 bits per heavy atom. The lowest BCUT2D eigenvalue weighted by Crippen LogP contribution is -2.28. The maximum atomic E-state index is 11.6. The Bertz CT molecular complexity index is 557. The van der Waals surface area contributed by atoms with Crippen molar-refractivity contribution < 1.29 is 13.9 Å². The van der Waals surface area contributed by atoms with Crippen molar-refractivity contribution in [1.29, 1.82) is 0 Å². The minimum absolute atomic E-state index is 0.0685. The summed E-state index contributed by atoms with van der Waals surface area (Å²) in [4.78, 5) is 11.6. The van der Waals surface area contributed by atoms with Crippen molar-refractivity contribution in [2.75, 3.05) is 6.61 Å². The van der Waals surface area contributed by atoms with Crippen LogP contribution >= 0.6 is 27.5 Å². The smallest absolute Gasteiger partial charge is 0.258 e. The summed E-state index contributed by atoms with van der Waals surface area (Å²) in [7, 11) is 0. The van der Waals surface area contributed by atoms with E-state index < -0.39 is 0 Å². The van der Waals surface area contributed by atoms with Gasteiger partial charge in [-0.1, -0.05) is 11.6 Å². The summed E-state index contributed by atoms with van der Waals surface area (Å²) in [6.07, 6.45) is 1.56. The second-order valence-electron chi connectivity index (χ2n) is 3.72. The van der Waals surface area contributed by atoms with Gasteiger partial charge in [-0.2, -0.15) is 0 Å². The van der Waals surface area contributed by atoms with E-state index in [1.807, 2.05) is 0 Å². The van der Waals surface area contributed by atoms with Crippen molar-refractivity contribution in [3.63, 3.8) is 0 Å². The molecule has 0 radical (unpaired) electrons.